The van der Waals surface area contributed by atoms with Crippen molar-refractivity contribution in [3.8, 4) is 0 Å². The van der Waals surface area contributed by atoms with Crippen LogP contribution in [0.15, 0.2) is 0 Å². The summed E-state index contributed by atoms with van der Waals surface area (Å²) in [6.45, 7) is 6.16. The van der Waals surface area contributed by atoms with E-state index in [1.807, 2.05) is 11.8 Å². The highest BCUT2D eigenvalue weighted by Crippen LogP contribution is 2.34. The summed E-state index contributed by atoms with van der Waals surface area (Å²) < 4.78 is 0. The summed E-state index contributed by atoms with van der Waals surface area (Å²) in [5, 5.41) is 9.01. The van der Waals surface area contributed by atoms with Crippen LogP contribution in [0.2, 0.25) is 0 Å². The molecule has 1 atom stereocenters. The van der Waals surface area contributed by atoms with Gasteiger partial charge in [0.25, 0.3) is 0 Å². The van der Waals surface area contributed by atoms with Crippen LogP contribution in [0.1, 0.15) is 39.5 Å². The first-order valence-corrected chi connectivity index (χ1v) is 7.77. The molecule has 0 aromatic carbocycles. The van der Waals surface area contributed by atoms with Crippen molar-refractivity contribution in [1.29, 1.82) is 0 Å². The first kappa shape index (κ1) is 15.1. The molecule has 0 heterocycles. The van der Waals surface area contributed by atoms with Gasteiger partial charge in [-0.3, -0.25) is 4.79 Å². The van der Waals surface area contributed by atoms with Gasteiger partial charge >= 0.3 is 12.0 Å². The SMILES string of the molecule is CCN(CC(C)C(=O)O)C(=O)N(CC1CC1)CC1CC1. The Bertz CT molecular complexity index is 350. The fraction of sp³-hybridized carbons (Fsp3) is 0.867. The fourth-order valence-corrected chi connectivity index (χ4v) is 2.41. The van der Waals surface area contributed by atoms with Crippen LogP contribution in [0.5, 0.6) is 0 Å². The van der Waals surface area contributed by atoms with E-state index >= 15 is 0 Å². The lowest BCUT2D eigenvalue weighted by Crippen LogP contribution is -2.47. The molecule has 1 N–H and O–H groups in total. The lowest BCUT2D eigenvalue weighted by atomic mass is 10.2. The van der Waals surface area contributed by atoms with Gasteiger partial charge in [0, 0.05) is 26.2 Å². The molecule has 2 saturated carbocycles. The van der Waals surface area contributed by atoms with E-state index in [-0.39, 0.29) is 6.03 Å². The zero-order valence-corrected chi connectivity index (χ0v) is 12.5. The van der Waals surface area contributed by atoms with Gasteiger partial charge in [-0.25, -0.2) is 4.79 Å². The molecule has 0 aromatic heterocycles. The molecule has 0 bridgehead atoms. The molecule has 0 saturated heterocycles. The summed E-state index contributed by atoms with van der Waals surface area (Å²) in [5.41, 5.74) is 0. The number of hydrogen-bond acceptors (Lipinski definition) is 2. The summed E-state index contributed by atoms with van der Waals surface area (Å²) >= 11 is 0. The topological polar surface area (TPSA) is 60.9 Å². The molecule has 2 fully saturated rings. The van der Waals surface area contributed by atoms with Crippen LogP contribution in [0, 0.1) is 17.8 Å². The van der Waals surface area contributed by atoms with Crippen molar-refractivity contribution in [3.63, 3.8) is 0 Å². The maximum Gasteiger partial charge on any atom is 0.320 e. The summed E-state index contributed by atoms with van der Waals surface area (Å²) in [5.74, 6) is -0.00334. The molecular formula is C15H26N2O3. The second-order valence-corrected chi connectivity index (χ2v) is 6.35. The van der Waals surface area contributed by atoms with Crippen LogP contribution in [0.25, 0.3) is 0 Å². The number of carbonyl (C=O) groups is 2. The Morgan fingerprint density at radius 1 is 1.10 bits per heavy atom. The average molecular weight is 282 g/mol. The van der Waals surface area contributed by atoms with E-state index in [0.29, 0.717) is 24.9 Å². The number of amides is 2. The average Bonchev–Trinajstić information content (AvgIpc) is 3.28. The molecule has 2 amide bonds. The number of carboxylic acid groups (broad SMARTS) is 1. The predicted molar refractivity (Wildman–Crippen MR) is 76.5 cm³/mol. The van der Waals surface area contributed by atoms with Crippen LogP contribution in [0.3, 0.4) is 0 Å². The zero-order chi connectivity index (χ0) is 14.7. The molecule has 2 rings (SSSR count). The normalized spacial score (nSPS) is 19.5. The minimum Gasteiger partial charge on any atom is -0.481 e. The van der Waals surface area contributed by atoms with Crippen LogP contribution >= 0.6 is 0 Å². The summed E-state index contributed by atoms with van der Waals surface area (Å²) in [4.78, 5) is 27.2. The first-order valence-electron chi connectivity index (χ1n) is 7.77. The monoisotopic (exact) mass is 282 g/mol. The lowest BCUT2D eigenvalue weighted by molar-refractivity contribution is -0.141. The Balaban J connectivity index is 1.92. The first-order chi connectivity index (χ1) is 9.51. The van der Waals surface area contributed by atoms with Crippen molar-refractivity contribution in [2.45, 2.75) is 39.5 Å². The predicted octanol–water partition coefficient (Wildman–Crippen LogP) is 2.27. The summed E-state index contributed by atoms with van der Waals surface area (Å²) in [6.07, 6.45) is 4.91. The molecule has 0 radical (unpaired) electrons. The van der Waals surface area contributed by atoms with Gasteiger partial charge in [-0.05, 0) is 44.4 Å². The van der Waals surface area contributed by atoms with Crippen molar-refractivity contribution in [3.05, 3.63) is 0 Å². The molecule has 0 aliphatic heterocycles. The second kappa shape index (κ2) is 6.46. The molecule has 0 aromatic rings. The summed E-state index contributed by atoms with van der Waals surface area (Å²) in [7, 11) is 0. The molecule has 20 heavy (non-hydrogen) atoms. The van der Waals surface area contributed by atoms with E-state index < -0.39 is 11.9 Å². The van der Waals surface area contributed by atoms with Gasteiger partial charge in [0.05, 0.1) is 5.92 Å². The molecule has 1 unspecified atom stereocenters. The van der Waals surface area contributed by atoms with Gasteiger partial charge in [-0.15, -0.1) is 0 Å². The zero-order valence-electron chi connectivity index (χ0n) is 12.5. The van der Waals surface area contributed by atoms with Gasteiger partial charge in [0.15, 0.2) is 0 Å². The number of urea groups is 1. The van der Waals surface area contributed by atoms with Gasteiger partial charge in [0.1, 0.15) is 0 Å². The van der Waals surface area contributed by atoms with Crippen molar-refractivity contribution in [2.75, 3.05) is 26.2 Å². The third-order valence-electron chi connectivity index (χ3n) is 4.19. The Hall–Kier alpha value is -1.26. The molecule has 2 aliphatic carbocycles. The second-order valence-electron chi connectivity index (χ2n) is 6.35. The lowest BCUT2D eigenvalue weighted by Gasteiger charge is -2.31. The highest BCUT2D eigenvalue weighted by molar-refractivity contribution is 5.76. The van der Waals surface area contributed by atoms with Crippen molar-refractivity contribution in [2.24, 2.45) is 17.8 Å². The molecule has 2 aliphatic rings. The highest BCUT2D eigenvalue weighted by Gasteiger charge is 2.33. The summed E-state index contributed by atoms with van der Waals surface area (Å²) in [6, 6.07) is 0.0272. The van der Waals surface area contributed by atoms with E-state index in [2.05, 4.69) is 0 Å². The Morgan fingerprint density at radius 3 is 1.95 bits per heavy atom. The Kier molecular flexibility index (Phi) is 4.89. The van der Waals surface area contributed by atoms with Gasteiger partial charge in [-0.2, -0.15) is 0 Å². The molecule has 0 spiro atoms. The van der Waals surface area contributed by atoms with E-state index in [9.17, 15) is 9.59 Å². The fourth-order valence-electron chi connectivity index (χ4n) is 2.41. The van der Waals surface area contributed by atoms with E-state index in [4.69, 9.17) is 5.11 Å². The third-order valence-corrected chi connectivity index (χ3v) is 4.19. The highest BCUT2D eigenvalue weighted by atomic mass is 16.4. The van der Waals surface area contributed by atoms with Gasteiger partial charge in [-0.1, -0.05) is 6.92 Å². The maximum atomic E-state index is 12.6. The van der Waals surface area contributed by atoms with E-state index in [1.165, 1.54) is 25.7 Å². The Morgan fingerprint density at radius 2 is 1.60 bits per heavy atom. The number of carbonyl (C=O) groups excluding carboxylic acids is 1. The van der Waals surface area contributed by atoms with Crippen LogP contribution in [0.4, 0.5) is 4.79 Å². The third kappa shape index (κ3) is 4.39. The largest absolute Gasteiger partial charge is 0.481 e. The number of carboxylic acids is 1. The van der Waals surface area contributed by atoms with Crippen molar-refractivity contribution >= 4 is 12.0 Å². The molecule has 5 nitrogen and oxygen atoms in total. The van der Waals surface area contributed by atoms with E-state index in [0.717, 1.165) is 13.1 Å². The molecular weight excluding hydrogens is 256 g/mol. The van der Waals surface area contributed by atoms with Crippen molar-refractivity contribution < 1.29 is 14.7 Å². The number of rotatable bonds is 8. The van der Waals surface area contributed by atoms with Crippen LogP contribution in [-0.4, -0.2) is 53.1 Å². The smallest absolute Gasteiger partial charge is 0.320 e. The molecule has 5 heteroatoms. The minimum absolute atomic E-state index is 0.0272. The maximum absolute atomic E-state index is 12.6. The van der Waals surface area contributed by atoms with Crippen molar-refractivity contribution in [1.82, 2.24) is 9.80 Å². The Labute approximate surface area is 120 Å². The van der Waals surface area contributed by atoms with Crippen LogP contribution in [-0.2, 0) is 4.79 Å². The van der Waals surface area contributed by atoms with E-state index in [1.54, 1.807) is 11.8 Å². The quantitative estimate of drug-likeness (QED) is 0.743. The number of nitrogens with zero attached hydrogens (tertiary/aromatic N) is 2. The van der Waals surface area contributed by atoms with Crippen LogP contribution < -0.4 is 0 Å². The minimum atomic E-state index is -0.841. The number of aliphatic carboxylic acids is 1. The molecule has 114 valence electrons. The van der Waals surface area contributed by atoms with Gasteiger partial charge < -0.3 is 14.9 Å². The number of hydrogen-bond donors (Lipinski definition) is 1. The van der Waals surface area contributed by atoms with Gasteiger partial charge in [0.2, 0.25) is 0 Å². The standard InChI is InChI=1S/C15H26N2O3/c1-3-16(8-11(2)14(18)19)15(20)17(9-12-4-5-12)10-13-6-7-13/h11-13H,3-10H2,1-2H3,(H,18,19).